The van der Waals surface area contributed by atoms with E-state index in [4.69, 9.17) is 0 Å². The summed E-state index contributed by atoms with van der Waals surface area (Å²) < 4.78 is 0. The van der Waals surface area contributed by atoms with E-state index < -0.39 is 0 Å². The smallest absolute Gasteiger partial charge is 0.124 e. The Balaban J connectivity index is 0.000000233. The lowest BCUT2D eigenvalue weighted by atomic mass is 9.78. The second kappa shape index (κ2) is 8.06. The number of aryl methyl sites for hydroxylation is 1. The maximum Gasteiger partial charge on any atom is 0.124 e. The summed E-state index contributed by atoms with van der Waals surface area (Å²) in [6, 6.07) is 27.2. The predicted octanol–water partition coefficient (Wildman–Crippen LogP) is 6.78. The zero-order valence-electron chi connectivity index (χ0n) is 15.9. The van der Waals surface area contributed by atoms with Gasteiger partial charge in [-0.2, -0.15) is 0 Å². The van der Waals surface area contributed by atoms with Gasteiger partial charge >= 0.3 is 0 Å². The maximum absolute atomic E-state index is 11.1. The zero-order valence-corrected chi connectivity index (χ0v) is 16.7. The number of hydrogen-bond acceptors (Lipinski definition) is 2. The lowest BCUT2D eigenvalue weighted by Crippen LogP contribution is -2.11. The molecule has 0 spiro atoms. The van der Waals surface area contributed by atoms with E-state index in [1.54, 1.807) is 0 Å². The first kappa shape index (κ1) is 18.6. The lowest BCUT2D eigenvalue weighted by Gasteiger charge is -2.25. The third-order valence-corrected chi connectivity index (χ3v) is 5.89. The number of allylic oxidation sites excluding steroid dienone is 1. The molecule has 0 saturated heterocycles. The van der Waals surface area contributed by atoms with Crippen LogP contribution in [0.4, 0.5) is 0 Å². The summed E-state index contributed by atoms with van der Waals surface area (Å²) in [7, 11) is 0. The molecule has 1 unspecified atom stereocenters. The van der Waals surface area contributed by atoms with Crippen molar-refractivity contribution in [2.75, 3.05) is 0 Å². The van der Waals surface area contributed by atoms with Crippen LogP contribution in [-0.2, 0) is 11.2 Å². The second-order valence-electron chi connectivity index (χ2n) is 7.20. The Kier molecular flexibility index (Phi) is 5.34. The Morgan fingerprint density at radius 3 is 2.21 bits per heavy atom. The molecule has 0 heterocycles. The van der Waals surface area contributed by atoms with Gasteiger partial charge in [0, 0.05) is 16.4 Å². The molecule has 1 atom stereocenters. The Hall–Kier alpha value is -2.80. The molecular formula is C26H22OS. The molecule has 0 aromatic heterocycles. The molecule has 0 N–H and O–H groups in total. The van der Waals surface area contributed by atoms with E-state index in [2.05, 4.69) is 74.0 Å². The highest BCUT2D eigenvalue weighted by molar-refractivity contribution is 7.80. The van der Waals surface area contributed by atoms with E-state index in [0.717, 1.165) is 23.3 Å². The van der Waals surface area contributed by atoms with Crippen molar-refractivity contribution in [3.05, 3.63) is 95.6 Å². The van der Waals surface area contributed by atoms with Crippen molar-refractivity contribution < 1.29 is 4.79 Å². The van der Waals surface area contributed by atoms with Crippen molar-refractivity contribution in [2.45, 2.75) is 30.6 Å². The molecular weight excluding hydrogens is 360 g/mol. The molecule has 0 fully saturated rings. The van der Waals surface area contributed by atoms with Gasteiger partial charge in [-0.05, 0) is 57.6 Å². The Labute approximate surface area is 171 Å². The fourth-order valence-electron chi connectivity index (χ4n) is 4.08. The van der Waals surface area contributed by atoms with Gasteiger partial charge in [0.1, 0.15) is 5.94 Å². The van der Waals surface area contributed by atoms with Crippen molar-refractivity contribution in [2.24, 2.45) is 0 Å². The average Bonchev–Trinajstić information content (AvgIpc) is 2.74. The fourth-order valence-corrected chi connectivity index (χ4v) is 4.26. The van der Waals surface area contributed by atoms with Gasteiger partial charge in [-0.25, -0.2) is 4.79 Å². The van der Waals surface area contributed by atoms with Crippen molar-refractivity contribution in [3.8, 4) is 0 Å². The van der Waals surface area contributed by atoms with Crippen LogP contribution in [0.25, 0.3) is 21.5 Å². The number of thiol groups is 1. The van der Waals surface area contributed by atoms with Crippen LogP contribution < -0.4 is 0 Å². The molecule has 1 nitrogen and oxygen atoms in total. The average molecular weight is 383 g/mol. The van der Waals surface area contributed by atoms with Crippen molar-refractivity contribution in [1.82, 2.24) is 0 Å². The van der Waals surface area contributed by atoms with Gasteiger partial charge in [0.15, 0.2) is 0 Å². The van der Waals surface area contributed by atoms with E-state index in [0.29, 0.717) is 0 Å². The summed E-state index contributed by atoms with van der Waals surface area (Å²) in [4.78, 5) is 12.1. The van der Waals surface area contributed by atoms with Crippen molar-refractivity contribution in [3.63, 3.8) is 0 Å². The van der Waals surface area contributed by atoms with Crippen LogP contribution in [0.5, 0.6) is 0 Å². The number of fused-ring (bicyclic) bond motifs is 5. The van der Waals surface area contributed by atoms with Gasteiger partial charge in [0.2, 0.25) is 0 Å². The number of rotatable bonds is 0. The van der Waals surface area contributed by atoms with Gasteiger partial charge in [-0.15, -0.1) is 12.6 Å². The Bertz CT molecular complexity index is 1190. The minimum atomic E-state index is 0.196. The van der Waals surface area contributed by atoms with E-state index in [-0.39, 0.29) is 5.92 Å². The van der Waals surface area contributed by atoms with Crippen molar-refractivity contribution in [1.29, 1.82) is 0 Å². The maximum atomic E-state index is 11.1. The molecule has 1 aliphatic carbocycles. The summed E-state index contributed by atoms with van der Waals surface area (Å²) in [6.45, 7) is 2.12. The SMILES string of the molecule is CC1C(=C=O)CCc2c1ccc1c2ccc2ccccc21.Sc1ccccc1. The van der Waals surface area contributed by atoms with Crippen LogP contribution >= 0.6 is 12.6 Å². The van der Waals surface area contributed by atoms with Crippen LogP contribution in [0, 0.1) is 0 Å². The highest BCUT2D eigenvalue weighted by Crippen LogP contribution is 2.39. The topological polar surface area (TPSA) is 17.1 Å². The monoisotopic (exact) mass is 382 g/mol. The molecule has 1 aliphatic rings. The summed E-state index contributed by atoms with van der Waals surface area (Å²) in [5.74, 6) is 2.34. The third-order valence-electron chi connectivity index (χ3n) is 5.59. The molecule has 2 heteroatoms. The lowest BCUT2D eigenvalue weighted by molar-refractivity contribution is 0.562. The van der Waals surface area contributed by atoms with Gasteiger partial charge in [-0.3, -0.25) is 0 Å². The van der Waals surface area contributed by atoms with Gasteiger partial charge < -0.3 is 0 Å². The molecule has 5 rings (SSSR count). The third kappa shape index (κ3) is 3.49. The highest BCUT2D eigenvalue weighted by Gasteiger charge is 2.23. The number of benzene rings is 4. The van der Waals surface area contributed by atoms with E-state index in [9.17, 15) is 4.79 Å². The highest BCUT2D eigenvalue weighted by atomic mass is 32.1. The van der Waals surface area contributed by atoms with Gasteiger partial charge in [0.05, 0.1) is 0 Å². The summed E-state index contributed by atoms with van der Waals surface area (Å²) >= 11 is 4.08. The van der Waals surface area contributed by atoms with E-state index >= 15 is 0 Å². The summed E-state index contributed by atoms with van der Waals surface area (Å²) in [5, 5.41) is 5.24. The number of hydrogen-bond donors (Lipinski definition) is 1. The predicted molar refractivity (Wildman–Crippen MR) is 121 cm³/mol. The van der Waals surface area contributed by atoms with Crippen LogP contribution in [0.2, 0.25) is 0 Å². The van der Waals surface area contributed by atoms with Crippen LogP contribution in [-0.4, -0.2) is 5.94 Å². The molecule has 0 saturated carbocycles. The molecule has 4 aromatic rings. The minimum Gasteiger partial charge on any atom is -0.234 e. The largest absolute Gasteiger partial charge is 0.234 e. The Morgan fingerprint density at radius 2 is 1.50 bits per heavy atom. The molecule has 0 aliphatic heterocycles. The standard InChI is InChI=1S/C20H16O.C6H6S/c1-13-15(12-21)7-9-18-16(13)10-11-19-17-5-3-2-4-14(17)6-8-20(18)19;7-6-4-2-1-3-5-6/h2-6,8,10-11,13H,7,9H2,1H3;1-5,7H. The molecule has 0 amide bonds. The molecule has 0 bridgehead atoms. The van der Waals surface area contributed by atoms with Gasteiger partial charge in [0.25, 0.3) is 0 Å². The fraction of sp³-hybridized carbons (Fsp3) is 0.154. The molecule has 138 valence electrons. The Morgan fingerprint density at radius 1 is 0.786 bits per heavy atom. The molecule has 4 aromatic carbocycles. The first-order chi connectivity index (χ1) is 13.7. The molecule has 0 radical (unpaired) electrons. The van der Waals surface area contributed by atoms with E-state index in [1.165, 1.54) is 32.7 Å². The van der Waals surface area contributed by atoms with Crippen LogP contribution in [0.15, 0.2) is 89.3 Å². The minimum absolute atomic E-state index is 0.196. The number of carbonyl (C=O) groups excluding carboxylic acids is 1. The zero-order chi connectivity index (χ0) is 19.5. The summed E-state index contributed by atoms with van der Waals surface area (Å²) in [6.07, 6.45) is 1.78. The quantitative estimate of drug-likeness (QED) is 0.202. The normalized spacial score (nSPS) is 15.5. The van der Waals surface area contributed by atoms with Crippen molar-refractivity contribution >= 4 is 40.1 Å². The van der Waals surface area contributed by atoms with Gasteiger partial charge in [-0.1, -0.05) is 73.7 Å². The van der Waals surface area contributed by atoms with Crippen LogP contribution in [0.3, 0.4) is 0 Å². The summed E-state index contributed by atoms with van der Waals surface area (Å²) in [5.41, 5.74) is 3.61. The molecule has 28 heavy (non-hydrogen) atoms. The first-order valence-corrected chi connectivity index (χ1v) is 10.0. The van der Waals surface area contributed by atoms with Crippen LogP contribution in [0.1, 0.15) is 30.4 Å². The first-order valence-electron chi connectivity index (χ1n) is 9.60. The van der Waals surface area contributed by atoms with E-state index in [1.807, 2.05) is 30.3 Å². The second-order valence-corrected chi connectivity index (χ2v) is 7.72.